The molecule has 1 aliphatic rings. The first-order valence-electron chi connectivity index (χ1n) is 11.3. The standard InChI is InChI=1S/C22H31N6O5P/c1-4-17-11-30-22(32-17)16(3)27-34(29,33-18-8-6-5-7-9-18)14-31-15(2)10-28-13-26-19-20(23)24-12-25-21(19)28/h5-9,12-13,15-17,22H,4,10-11,14H2,1-3H3,(H,27,29)(H2,23,24,25)/t15-,16+,17-,22?,34?/m1/s1. The molecule has 0 radical (unpaired) electrons. The summed E-state index contributed by atoms with van der Waals surface area (Å²) in [5.74, 6) is 0.798. The Morgan fingerprint density at radius 3 is 2.79 bits per heavy atom. The molecule has 2 aromatic heterocycles. The van der Waals surface area contributed by atoms with Crippen LogP contribution >= 0.6 is 7.52 Å². The summed E-state index contributed by atoms with van der Waals surface area (Å²) in [7, 11) is -3.48. The molecule has 3 aromatic rings. The van der Waals surface area contributed by atoms with E-state index in [2.05, 4.69) is 20.0 Å². The third-order valence-electron chi connectivity index (χ3n) is 5.45. The van der Waals surface area contributed by atoms with Crippen LogP contribution in [0.4, 0.5) is 5.82 Å². The molecule has 5 atom stereocenters. The van der Waals surface area contributed by atoms with Gasteiger partial charge in [0.15, 0.2) is 17.8 Å². The minimum atomic E-state index is -3.48. The largest absolute Gasteiger partial charge is 0.431 e. The molecule has 34 heavy (non-hydrogen) atoms. The number of aromatic nitrogens is 4. The van der Waals surface area contributed by atoms with E-state index in [1.165, 1.54) is 6.33 Å². The van der Waals surface area contributed by atoms with Gasteiger partial charge in [0.1, 0.15) is 23.9 Å². The summed E-state index contributed by atoms with van der Waals surface area (Å²) in [6, 6.07) is 8.63. The second-order valence-electron chi connectivity index (χ2n) is 8.30. The number of nitrogens with zero attached hydrogens (tertiary/aromatic N) is 4. The maximum Gasteiger partial charge on any atom is 0.342 e. The molecule has 4 rings (SSSR count). The van der Waals surface area contributed by atoms with Crippen LogP contribution in [0, 0.1) is 0 Å². The zero-order valence-corrected chi connectivity index (χ0v) is 20.4. The van der Waals surface area contributed by atoms with Crippen LogP contribution in [0.15, 0.2) is 43.0 Å². The number of nitrogens with two attached hydrogens (primary N) is 1. The fourth-order valence-electron chi connectivity index (χ4n) is 3.65. The van der Waals surface area contributed by atoms with Crippen molar-refractivity contribution >= 4 is 24.5 Å². The Morgan fingerprint density at radius 1 is 1.26 bits per heavy atom. The third-order valence-corrected chi connectivity index (χ3v) is 7.24. The van der Waals surface area contributed by atoms with E-state index in [1.807, 2.05) is 43.5 Å². The number of anilines is 1. The van der Waals surface area contributed by atoms with Crippen LogP contribution in [-0.4, -0.2) is 57.0 Å². The molecule has 11 nitrogen and oxygen atoms in total. The van der Waals surface area contributed by atoms with Crippen LogP contribution in [0.1, 0.15) is 27.2 Å². The van der Waals surface area contributed by atoms with Gasteiger partial charge in [-0.1, -0.05) is 25.1 Å². The van der Waals surface area contributed by atoms with Crippen molar-refractivity contribution in [2.45, 2.75) is 58.3 Å². The first-order chi connectivity index (χ1) is 16.4. The molecule has 0 amide bonds. The van der Waals surface area contributed by atoms with E-state index in [-0.39, 0.29) is 24.6 Å². The van der Waals surface area contributed by atoms with E-state index in [0.717, 1.165) is 6.42 Å². The van der Waals surface area contributed by atoms with E-state index in [1.54, 1.807) is 18.5 Å². The highest BCUT2D eigenvalue weighted by Gasteiger charge is 2.36. The number of hydrogen-bond donors (Lipinski definition) is 2. The van der Waals surface area contributed by atoms with Gasteiger partial charge in [0, 0.05) is 0 Å². The Morgan fingerprint density at radius 2 is 2.06 bits per heavy atom. The zero-order valence-electron chi connectivity index (χ0n) is 19.5. The Kier molecular flexibility index (Phi) is 7.80. The summed E-state index contributed by atoms with van der Waals surface area (Å²) in [6.07, 6.45) is 2.92. The number of benzene rings is 1. The quantitative estimate of drug-likeness (QED) is 0.386. The number of nitrogen functional groups attached to an aromatic ring is 1. The molecule has 0 saturated carbocycles. The van der Waals surface area contributed by atoms with E-state index in [4.69, 9.17) is 24.5 Å². The summed E-state index contributed by atoms with van der Waals surface area (Å²) in [4.78, 5) is 12.5. The van der Waals surface area contributed by atoms with Crippen LogP contribution in [0.2, 0.25) is 0 Å². The monoisotopic (exact) mass is 490 g/mol. The van der Waals surface area contributed by atoms with Crippen LogP contribution in [0.3, 0.4) is 0 Å². The van der Waals surface area contributed by atoms with Gasteiger partial charge in [0.2, 0.25) is 0 Å². The molecule has 3 heterocycles. The van der Waals surface area contributed by atoms with E-state index in [9.17, 15) is 4.57 Å². The predicted octanol–water partition coefficient (Wildman–Crippen LogP) is 3.17. The Bertz CT molecular complexity index is 1130. The molecule has 12 heteroatoms. The number of hydrogen-bond acceptors (Lipinski definition) is 9. The van der Waals surface area contributed by atoms with Gasteiger partial charge in [-0.3, -0.25) is 4.57 Å². The molecule has 0 spiro atoms. The molecule has 1 fully saturated rings. The highest BCUT2D eigenvalue weighted by atomic mass is 31.2. The van der Waals surface area contributed by atoms with E-state index < -0.39 is 13.8 Å². The summed E-state index contributed by atoms with van der Waals surface area (Å²) < 4.78 is 39.2. The van der Waals surface area contributed by atoms with Crippen LogP contribution in [-0.2, 0) is 25.3 Å². The lowest BCUT2D eigenvalue weighted by molar-refractivity contribution is -0.0738. The predicted molar refractivity (Wildman–Crippen MR) is 127 cm³/mol. The van der Waals surface area contributed by atoms with Gasteiger partial charge in [-0.15, -0.1) is 0 Å². The first-order valence-corrected chi connectivity index (χ1v) is 13.1. The van der Waals surface area contributed by atoms with Gasteiger partial charge < -0.3 is 29.0 Å². The zero-order chi connectivity index (χ0) is 24.1. The van der Waals surface area contributed by atoms with Gasteiger partial charge in [-0.25, -0.2) is 20.0 Å². The third kappa shape index (κ3) is 5.92. The number of para-hydroxylation sites is 1. The fourth-order valence-corrected chi connectivity index (χ4v) is 5.48. The van der Waals surface area contributed by atoms with Crippen molar-refractivity contribution in [1.82, 2.24) is 24.6 Å². The Balaban J connectivity index is 1.43. The minimum Gasteiger partial charge on any atom is -0.431 e. The smallest absolute Gasteiger partial charge is 0.342 e. The second kappa shape index (κ2) is 10.8. The van der Waals surface area contributed by atoms with Gasteiger partial charge >= 0.3 is 7.52 Å². The van der Waals surface area contributed by atoms with Crippen LogP contribution in [0.25, 0.3) is 11.2 Å². The summed E-state index contributed by atoms with van der Waals surface area (Å²) in [5.41, 5.74) is 7.01. The average molecular weight is 491 g/mol. The van der Waals surface area contributed by atoms with E-state index >= 15 is 0 Å². The summed E-state index contributed by atoms with van der Waals surface area (Å²) >= 11 is 0. The number of rotatable bonds is 11. The topological polar surface area (TPSA) is 136 Å². The highest BCUT2D eigenvalue weighted by Crippen LogP contribution is 2.44. The maximum atomic E-state index is 13.8. The second-order valence-corrected chi connectivity index (χ2v) is 10.3. The van der Waals surface area contributed by atoms with Gasteiger partial charge in [0.25, 0.3) is 0 Å². The van der Waals surface area contributed by atoms with Crippen molar-refractivity contribution in [3.63, 3.8) is 0 Å². The SMILES string of the molecule is CC[C@@H]1COC([C@H](C)NP(=O)(CO[C@H](C)Cn2cnc3c(N)ncnc32)Oc2ccccc2)O1. The Labute approximate surface area is 198 Å². The molecular weight excluding hydrogens is 459 g/mol. The maximum absolute atomic E-state index is 13.8. The average Bonchev–Trinajstić information content (AvgIpc) is 3.47. The molecule has 184 valence electrons. The molecule has 0 aliphatic carbocycles. The number of fused-ring (bicyclic) bond motifs is 1. The first kappa shape index (κ1) is 24.6. The van der Waals surface area contributed by atoms with Crippen molar-refractivity contribution in [1.29, 1.82) is 0 Å². The van der Waals surface area contributed by atoms with Crippen LogP contribution in [0.5, 0.6) is 5.75 Å². The van der Waals surface area contributed by atoms with Crippen LogP contribution < -0.4 is 15.3 Å². The minimum absolute atomic E-state index is 0.0304. The molecule has 0 bridgehead atoms. The fraction of sp³-hybridized carbons (Fsp3) is 0.500. The molecule has 1 aromatic carbocycles. The molecule has 1 aliphatic heterocycles. The number of nitrogens with one attached hydrogen (secondary N) is 1. The Hall–Kier alpha value is -2.56. The van der Waals surface area contributed by atoms with Gasteiger partial charge in [-0.05, 0) is 32.4 Å². The molecule has 3 N–H and O–H groups in total. The summed E-state index contributed by atoms with van der Waals surface area (Å²) in [5, 5.41) is 3.08. The highest BCUT2D eigenvalue weighted by molar-refractivity contribution is 7.57. The lowest BCUT2D eigenvalue weighted by Crippen LogP contribution is -2.38. The number of imidazole rings is 1. The van der Waals surface area contributed by atoms with E-state index in [0.29, 0.717) is 35.9 Å². The molecule has 2 unspecified atom stereocenters. The van der Waals surface area contributed by atoms with Crippen molar-refractivity contribution in [3.05, 3.63) is 43.0 Å². The molecule has 1 saturated heterocycles. The van der Waals surface area contributed by atoms with Crippen molar-refractivity contribution < 1.29 is 23.3 Å². The summed E-state index contributed by atoms with van der Waals surface area (Å²) in [6.45, 7) is 6.71. The molecular formula is C22H31N6O5P. The van der Waals surface area contributed by atoms with Gasteiger partial charge in [0.05, 0.1) is 37.7 Å². The van der Waals surface area contributed by atoms with Crippen molar-refractivity contribution in [2.24, 2.45) is 0 Å². The lowest BCUT2D eigenvalue weighted by Gasteiger charge is -2.27. The van der Waals surface area contributed by atoms with Crippen molar-refractivity contribution in [3.8, 4) is 5.75 Å². The van der Waals surface area contributed by atoms with Crippen molar-refractivity contribution in [2.75, 3.05) is 18.7 Å². The van der Waals surface area contributed by atoms with Gasteiger partial charge in [-0.2, -0.15) is 0 Å². The number of ether oxygens (including phenoxy) is 3. The lowest BCUT2D eigenvalue weighted by atomic mass is 10.3. The normalized spacial score (nSPS) is 21.9.